The lowest BCUT2D eigenvalue weighted by atomic mass is 10.1. The summed E-state index contributed by atoms with van der Waals surface area (Å²) in [5.74, 6) is -0.499. The fourth-order valence-corrected chi connectivity index (χ4v) is 3.34. The van der Waals surface area contributed by atoms with Crippen LogP contribution in [0, 0.1) is 0 Å². The van der Waals surface area contributed by atoms with Crippen molar-refractivity contribution in [1.82, 2.24) is 15.0 Å². The van der Waals surface area contributed by atoms with E-state index in [9.17, 15) is 14.4 Å². The molecule has 2 aromatic heterocycles. The van der Waals surface area contributed by atoms with Crippen molar-refractivity contribution in [3.63, 3.8) is 0 Å². The Balaban J connectivity index is 0.000000459. The Bertz CT molecular complexity index is 1490. The highest BCUT2D eigenvalue weighted by Crippen LogP contribution is 2.32. The summed E-state index contributed by atoms with van der Waals surface area (Å²) in [6.07, 6.45) is 7.06. The number of nitrogens with two attached hydrogens (primary N) is 1. The Morgan fingerprint density at radius 3 is 2.36 bits per heavy atom. The van der Waals surface area contributed by atoms with Crippen LogP contribution < -0.4 is 21.1 Å². The Labute approximate surface area is 223 Å². The van der Waals surface area contributed by atoms with Crippen molar-refractivity contribution in [2.75, 3.05) is 10.6 Å². The van der Waals surface area contributed by atoms with E-state index in [1.807, 2.05) is 49.4 Å². The molecule has 0 fully saturated rings. The van der Waals surface area contributed by atoms with Crippen molar-refractivity contribution in [2.24, 2.45) is 5.73 Å². The topological polar surface area (TPSA) is 190 Å². The van der Waals surface area contributed by atoms with Crippen LogP contribution in [0.4, 0.5) is 22.1 Å². The molecule has 200 valence electrons. The third-order valence-electron chi connectivity index (χ3n) is 5.03. The summed E-state index contributed by atoms with van der Waals surface area (Å²) in [5, 5.41) is 23.2. The molecule has 0 saturated carbocycles. The molecular formula is C27H26N6O6. The maximum Gasteiger partial charge on any atom is 0.328 e. The first-order valence-corrected chi connectivity index (χ1v) is 11.6. The van der Waals surface area contributed by atoms with Crippen LogP contribution >= 0.6 is 0 Å². The number of aryl methyl sites for hydroxylation is 1. The largest absolute Gasteiger partial charge is 0.488 e. The van der Waals surface area contributed by atoms with Gasteiger partial charge in [0.2, 0.25) is 0 Å². The quantitative estimate of drug-likeness (QED) is 0.197. The van der Waals surface area contributed by atoms with Gasteiger partial charge in [0.15, 0.2) is 0 Å². The first-order chi connectivity index (χ1) is 18.7. The number of benzene rings is 2. The molecule has 4 rings (SSSR count). The summed E-state index contributed by atoms with van der Waals surface area (Å²) >= 11 is 0. The Morgan fingerprint density at radius 1 is 0.974 bits per heavy atom. The van der Waals surface area contributed by atoms with Crippen LogP contribution in [-0.4, -0.2) is 43.1 Å². The fourth-order valence-electron chi connectivity index (χ4n) is 3.34. The van der Waals surface area contributed by atoms with Crippen LogP contribution in [0.2, 0.25) is 0 Å². The minimum absolute atomic E-state index is 0.352. The van der Waals surface area contributed by atoms with E-state index >= 15 is 0 Å². The Kier molecular flexibility index (Phi) is 9.85. The normalized spacial score (nSPS) is 10.4. The van der Waals surface area contributed by atoms with Gasteiger partial charge in [0.05, 0.1) is 17.6 Å². The molecule has 0 bridgehead atoms. The van der Waals surface area contributed by atoms with Crippen LogP contribution in [0.5, 0.6) is 5.75 Å². The van der Waals surface area contributed by atoms with Gasteiger partial charge in [-0.3, -0.25) is 4.98 Å². The van der Waals surface area contributed by atoms with Gasteiger partial charge in [-0.05, 0) is 36.2 Å². The molecule has 2 amide bonds. The number of hydrogen-bond donors (Lipinski definition) is 5. The number of carboxylic acid groups (broad SMARTS) is 2. The second kappa shape index (κ2) is 13.7. The molecule has 39 heavy (non-hydrogen) atoms. The maximum absolute atomic E-state index is 11.3. The van der Waals surface area contributed by atoms with Gasteiger partial charge in [0, 0.05) is 35.3 Å². The zero-order valence-electron chi connectivity index (χ0n) is 20.9. The number of fused-ring (bicyclic) bond motifs is 1. The van der Waals surface area contributed by atoms with Gasteiger partial charge in [-0.1, -0.05) is 31.2 Å². The number of aliphatic carboxylic acids is 2. The number of urea groups is 1. The molecule has 0 aliphatic heterocycles. The number of aromatic nitrogens is 3. The highest BCUT2D eigenvalue weighted by molar-refractivity contribution is 6.03. The predicted octanol–water partition coefficient (Wildman–Crippen LogP) is 4.11. The number of carbonyl (C=O) groups is 3. The average Bonchev–Trinajstić information content (AvgIpc) is 2.92. The van der Waals surface area contributed by atoms with Crippen LogP contribution in [0.3, 0.4) is 0 Å². The van der Waals surface area contributed by atoms with E-state index in [0.717, 1.165) is 28.5 Å². The predicted molar refractivity (Wildman–Crippen MR) is 145 cm³/mol. The van der Waals surface area contributed by atoms with Gasteiger partial charge >= 0.3 is 18.0 Å². The second-order valence-corrected chi connectivity index (χ2v) is 7.87. The van der Waals surface area contributed by atoms with Crippen molar-refractivity contribution in [1.29, 1.82) is 0 Å². The molecule has 0 aliphatic rings. The van der Waals surface area contributed by atoms with Gasteiger partial charge in [0.25, 0.3) is 0 Å². The van der Waals surface area contributed by atoms with E-state index in [4.69, 9.17) is 20.7 Å². The summed E-state index contributed by atoms with van der Waals surface area (Å²) < 4.78 is 6.08. The lowest BCUT2D eigenvalue weighted by Gasteiger charge is -2.13. The minimum atomic E-state index is -1.26. The molecule has 4 aromatic rings. The lowest BCUT2D eigenvalue weighted by molar-refractivity contribution is -0.134. The highest BCUT2D eigenvalue weighted by atomic mass is 16.5. The average molecular weight is 531 g/mol. The number of anilines is 3. The number of nitrogens with one attached hydrogen (secondary N) is 2. The summed E-state index contributed by atoms with van der Waals surface area (Å²) in [4.78, 5) is 43.4. The third kappa shape index (κ3) is 8.82. The van der Waals surface area contributed by atoms with Crippen LogP contribution in [0.1, 0.15) is 18.2 Å². The molecule has 2 aromatic carbocycles. The zero-order valence-corrected chi connectivity index (χ0v) is 20.9. The molecule has 2 heterocycles. The standard InChI is InChI=1S/C23H22N6O2.C4H4O4/c1-2-16-12-25-13-22(27-16)29-21-11-15(9-10-26-21)14-31-20-8-7-19(28-23(24)30)17-5-3-4-6-18(17)20;5-3(6)1-2-4(7)8/h3-13H,2,14H2,1H3,(H3,24,28,30)(H,26,27,29);1-2H,(H,5,6)(H,7,8)/b;2-1-. The number of ether oxygens (including phenoxy) is 1. The first-order valence-electron chi connectivity index (χ1n) is 11.6. The number of carbonyl (C=O) groups excluding carboxylic acids is 1. The molecule has 0 atom stereocenters. The van der Waals surface area contributed by atoms with E-state index in [2.05, 4.69) is 25.6 Å². The Hall–Kier alpha value is -5.52. The molecule has 6 N–H and O–H groups in total. The third-order valence-corrected chi connectivity index (χ3v) is 5.03. The summed E-state index contributed by atoms with van der Waals surface area (Å²) in [5.41, 5.74) is 7.77. The molecule has 0 aliphatic carbocycles. The van der Waals surface area contributed by atoms with Gasteiger partial charge in [-0.2, -0.15) is 0 Å². The maximum atomic E-state index is 11.3. The number of nitrogens with zero attached hydrogens (tertiary/aromatic N) is 3. The van der Waals surface area contributed by atoms with Crippen LogP contribution in [0.15, 0.2) is 79.3 Å². The van der Waals surface area contributed by atoms with Gasteiger partial charge in [-0.25, -0.2) is 24.4 Å². The van der Waals surface area contributed by atoms with Gasteiger partial charge in [0.1, 0.15) is 24.0 Å². The van der Waals surface area contributed by atoms with Gasteiger partial charge < -0.3 is 31.3 Å². The van der Waals surface area contributed by atoms with E-state index in [1.165, 1.54) is 0 Å². The summed E-state index contributed by atoms with van der Waals surface area (Å²) in [7, 11) is 0. The van der Waals surface area contributed by atoms with Gasteiger partial charge in [-0.15, -0.1) is 0 Å². The first kappa shape index (κ1) is 28.1. The summed E-state index contributed by atoms with van der Waals surface area (Å²) in [6.45, 7) is 2.38. The second-order valence-electron chi connectivity index (χ2n) is 7.87. The molecule has 12 heteroatoms. The molecule has 0 unspecified atom stereocenters. The van der Waals surface area contributed by atoms with Crippen molar-refractivity contribution < 1.29 is 29.3 Å². The number of rotatable bonds is 9. The zero-order chi connectivity index (χ0) is 28.2. The molecule has 12 nitrogen and oxygen atoms in total. The van der Waals surface area contributed by atoms with E-state index in [-0.39, 0.29) is 0 Å². The Morgan fingerprint density at radius 2 is 1.69 bits per heavy atom. The highest BCUT2D eigenvalue weighted by Gasteiger charge is 2.09. The smallest absolute Gasteiger partial charge is 0.328 e. The van der Waals surface area contributed by atoms with E-state index in [1.54, 1.807) is 24.7 Å². The molecule has 0 spiro atoms. The number of amides is 2. The van der Waals surface area contributed by atoms with Crippen molar-refractivity contribution in [2.45, 2.75) is 20.0 Å². The monoisotopic (exact) mass is 530 g/mol. The van der Waals surface area contributed by atoms with E-state index in [0.29, 0.717) is 41.8 Å². The van der Waals surface area contributed by atoms with Crippen LogP contribution in [-0.2, 0) is 22.6 Å². The SMILES string of the molecule is CCc1cncc(Nc2cc(COc3ccc(NC(N)=O)c4ccccc34)ccn2)n1.O=C(O)/C=C\C(=O)O. The van der Waals surface area contributed by atoms with Crippen molar-refractivity contribution >= 4 is 46.1 Å². The fraction of sp³-hybridized carbons (Fsp3) is 0.111. The molecule has 0 saturated heterocycles. The molecular weight excluding hydrogens is 504 g/mol. The number of hydrogen-bond acceptors (Lipinski definition) is 8. The van der Waals surface area contributed by atoms with Crippen molar-refractivity contribution in [3.05, 3.63) is 90.5 Å². The minimum Gasteiger partial charge on any atom is -0.488 e. The number of pyridine rings is 1. The van der Waals surface area contributed by atoms with Crippen LogP contribution in [0.25, 0.3) is 10.8 Å². The number of primary amides is 1. The lowest BCUT2D eigenvalue weighted by Crippen LogP contribution is -2.19. The van der Waals surface area contributed by atoms with E-state index < -0.39 is 18.0 Å². The summed E-state index contributed by atoms with van der Waals surface area (Å²) in [6, 6.07) is 14.5. The van der Waals surface area contributed by atoms with Crippen molar-refractivity contribution in [3.8, 4) is 5.75 Å². The number of carboxylic acids is 2. The molecule has 0 radical (unpaired) electrons.